The molecule has 1 amide bonds. The number of hydrogen-bond donors (Lipinski definition) is 0. The van der Waals surface area contributed by atoms with Crippen LogP contribution in [0.4, 0.5) is 0 Å². The number of thiazole rings is 1. The van der Waals surface area contributed by atoms with E-state index in [-0.39, 0.29) is 5.91 Å². The number of alkyl halides is 1. The molecule has 2 heterocycles. The van der Waals surface area contributed by atoms with Gasteiger partial charge < -0.3 is 4.90 Å². The summed E-state index contributed by atoms with van der Waals surface area (Å²) in [5.41, 5.74) is 1.70. The summed E-state index contributed by atoms with van der Waals surface area (Å²) in [6.45, 7) is 4.64. The summed E-state index contributed by atoms with van der Waals surface area (Å²) in [7, 11) is 0. The highest BCUT2D eigenvalue weighted by molar-refractivity contribution is 9.09. The van der Waals surface area contributed by atoms with Gasteiger partial charge >= 0.3 is 0 Å². The van der Waals surface area contributed by atoms with Crippen molar-refractivity contribution >= 4 is 33.2 Å². The SMILES string of the molecule is O=C(c1cncs1)N1CCN(CCBr)CC1. The number of amides is 1. The second-order valence-electron chi connectivity index (χ2n) is 3.69. The van der Waals surface area contributed by atoms with Gasteiger partial charge in [0.1, 0.15) is 4.88 Å². The van der Waals surface area contributed by atoms with Crippen LogP contribution in [0.15, 0.2) is 11.7 Å². The van der Waals surface area contributed by atoms with Crippen molar-refractivity contribution in [2.24, 2.45) is 0 Å². The molecule has 1 aliphatic rings. The van der Waals surface area contributed by atoms with Crippen LogP contribution in [-0.4, -0.2) is 58.7 Å². The minimum Gasteiger partial charge on any atom is -0.335 e. The number of piperazine rings is 1. The average molecular weight is 304 g/mol. The summed E-state index contributed by atoms with van der Waals surface area (Å²) in [6.07, 6.45) is 1.65. The van der Waals surface area contributed by atoms with Crippen LogP contribution in [-0.2, 0) is 0 Å². The lowest BCUT2D eigenvalue weighted by molar-refractivity contribution is 0.0649. The highest BCUT2D eigenvalue weighted by Crippen LogP contribution is 2.12. The predicted octanol–water partition coefficient (Wildman–Crippen LogP) is 1.30. The smallest absolute Gasteiger partial charge is 0.265 e. The fourth-order valence-electron chi connectivity index (χ4n) is 1.77. The van der Waals surface area contributed by atoms with E-state index in [0.717, 1.165) is 42.9 Å². The third kappa shape index (κ3) is 2.81. The van der Waals surface area contributed by atoms with Crippen molar-refractivity contribution in [2.45, 2.75) is 0 Å². The summed E-state index contributed by atoms with van der Waals surface area (Å²) in [5, 5.41) is 0.996. The molecule has 0 N–H and O–H groups in total. The summed E-state index contributed by atoms with van der Waals surface area (Å²) >= 11 is 4.84. The zero-order valence-corrected chi connectivity index (χ0v) is 11.3. The molecule has 0 radical (unpaired) electrons. The van der Waals surface area contributed by atoms with Gasteiger partial charge in [0.2, 0.25) is 0 Å². The van der Waals surface area contributed by atoms with Gasteiger partial charge in [-0.3, -0.25) is 14.7 Å². The fourth-order valence-corrected chi connectivity index (χ4v) is 2.86. The molecular weight excluding hydrogens is 290 g/mol. The first-order chi connectivity index (χ1) is 7.81. The van der Waals surface area contributed by atoms with Crippen LogP contribution in [0.3, 0.4) is 0 Å². The summed E-state index contributed by atoms with van der Waals surface area (Å²) in [6, 6.07) is 0. The van der Waals surface area contributed by atoms with Crippen molar-refractivity contribution in [3.05, 3.63) is 16.6 Å². The molecule has 6 heteroatoms. The molecule has 0 bridgehead atoms. The lowest BCUT2D eigenvalue weighted by Crippen LogP contribution is -2.48. The summed E-state index contributed by atoms with van der Waals surface area (Å²) in [5.74, 6) is 0.126. The minimum atomic E-state index is 0.126. The van der Waals surface area contributed by atoms with E-state index in [2.05, 4.69) is 25.8 Å². The quantitative estimate of drug-likeness (QED) is 0.790. The number of carbonyl (C=O) groups excluding carboxylic acids is 1. The van der Waals surface area contributed by atoms with Gasteiger partial charge in [0, 0.05) is 38.1 Å². The molecule has 1 saturated heterocycles. The van der Waals surface area contributed by atoms with Gasteiger partial charge in [-0.25, -0.2) is 0 Å². The van der Waals surface area contributed by atoms with Crippen molar-refractivity contribution in [2.75, 3.05) is 38.1 Å². The van der Waals surface area contributed by atoms with Gasteiger partial charge in [-0.2, -0.15) is 0 Å². The van der Waals surface area contributed by atoms with E-state index >= 15 is 0 Å². The van der Waals surface area contributed by atoms with Crippen molar-refractivity contribution < 1.29 is 4.79 Å². The average Bonchev–Trinajstić information content (AvgIpc) is 2.83. The topological polar surface area (TPSA) is 36.4 Å². The van der Waals surface area contributed by atoms with E-state index in [1.165, 1.54) is 11.3 Å². The predicted molar refractivity (Wildman–Crippen MR) is 68.3 cm³/mol. The first-order valence-corrected chi connectivity index (χ1v) is 7.27. The Hall–Kier alpha value is -0.460. The van der Waals surface area contributed by atoms with Crippen LogP contribution in [0.5, 0.6) is 0 Å². The zero-order valence-electron chi connectivity index (χ0n) is 8.93. The second kappa shape index (κ2) is 5.75. The first-order valence-electron chi connectivity index (χ1n) is 5.27. The Kier molecular flexibility index (Phi) is 4.31. The van der Waals surface area contributed by atoms with Crippen LogP contribution in [0, 0.1) is 0 Å². The molecule has 0 aliphatic carbocycles. The lowest BCUT2D eigenvalue weighted by atomic mass is 10.3. The van der Waals surface area contributed by atoms with Crippen molar-refractivity contribution in [3.63, 3.8) is 0 Å². The maximum Gasteiger partial charge on any atom is 0.265 e. The van der Waals surface area contributed by atoms with Crippen LogP contribution in [0.25, 0.3) is 0 Å². The van der Waals surface area contributed by atoms with Crippen molar-refractivity contribution in [1.82, 2.24) is 14.8 Å². The molecule has 0 spiro atoms. The van der Waals surface area contributed by atoms with Gasteiger partial charge in [-0.1, -0.05) is 15.9 Å². The standard InChI is InChI=1S/C10H14BrN3OS/c11-1-2-13-3-5-14(6-4-13)10(15)9-7-12-8-16-9/h7-8H,1-6H2. The first kappa shape index (κ1) is 12.0. The molecule has 0 atom stereocenters. The number of hydrogen-bond acceptors (Lipinski definition) is 4. The van der Waals surface area contributed by atoms with Gasteiger partial charge in [-0.15, -0.1) is 11.3 Å². The molecule has 0 saturated carbocycles. The number of carbonyl (C=O) groups is 1. The molecule has 2 rings (SSSR count). The molecule has 0 aromatic carbocycles. The van der Waals surface area contributed by atoms with Crippen LogP contribution in [0.2, 0.25) is 0 Å². The highest BCUT2D eigenvalue weighted by atomic mass is 79.9. The highest BCUT2D eigenvalue weighted by Gasteiger charge is 2.22. The van der Waals surface area contributed by atoms with E-state index in [9.17, 15) is 4.79 Å². The van der Waals surface area contributed by atoms with E-state index in [0.29, 0.717) is 0 Å². The molecule has 4 nitrogen and oxygen atoms in total. The third-order valence-corrected chi connectivity index (χ3v) is 3.82. The lowest BCUT2D eigenvalue weighted by Gasteiger charge is -2.34. The van der Waals surface area contributed by atoms with E-state index in [1.54, 1.807) is 11.7 Å². The van der Waals surface area contributed by atoms with Gasteiger partial charge in [0.05, 0.1) is 11.7 Å². The van der Waals surface area contributed by atoms with Crippen LogP contribution in [0.1, 0.15) is 9.67 Å². The van der Waals surface area contributed by atoms with Gasteiger partial charge in [0.25, 0.3) is 5.91 Å². The Morgan fingerprint density at radius 3 is 2.75 bits per heavy atom. The van der Waals surface area contributed by atoms with Crippen molar-refractivity contribution in [1.29, 1.82) is 0 Å². The fraction of sp³-hybridized carbons (Fsp3) is 0.600. The molecule has 1 fully saturated rings. The van der Waals surface area contributed by atoms with E-state index in [4.69, 9.17) is 0 Å². The summed E-state index contributed by atoms with van der Waals surface area (Å²) in [4.78, 5) is 21.0. The summed E-state index contributed by atoms with van der Waals surface area (Å²) < 4.78 is 0. The van der Waals surface area contributed by atoms with Crippen molar-refractivity contribution in [3.8, 4) is 0 Å². The molecule has 16 heavy (non-hydrogen) atoms. The second-order valence-corrected chi connectivity index (χ2v) is 5.37. The van der Waals surface area contributed by atoms with Crippen LogP contribution >= 0.6 is 27.3 Å². The molecular formula is C10H14BrN3OS. The Balaban J connectivity index is 1.87. The number of rotatable bonds is 3. The molecule has 1 aromatic rings. The maximum absolute atomic E-state index is 12.0. The Morgan fingerprint density at radius 2 is 2.19 bits per heavy atom. The maximum atomic E-state index is 12.0. The molecule has 88 valence electrons. The van der Waals surface area contributed by atoms with Gasteiger partial charge in [0.15, 0.2) is 0 Å². The Morgan fingerprint density at radius 1 is 1.44 bits per heavy atom. The third-order valence-electron chi connectivity index (χ3n) is 2.70. The number of aromatic nitrogens is 1. The minimum absolute atomic E-state index is 0.126. The number of halogens is 1. The van der Waals surface area contributed by atoms with Crippen LogP contribution < -0.4 is 0 Å². The zero-order chi connectivity index (χ0) is 11.4. The number of nitrogens with zero attached hydrogens (tertiary/aromatic N) is 3. The molecule has 1 aliphatic heterocycles. The largest absolute Gasteiger partial charge is 0.335 e. The Bertz CT molecular complexity index is 336. The Labute approximate surface area is 107 Å². The van der Waals surface area contributed by atoms with E-state index in [1.807, 2.05) is 4.90 Å². The van der Waals surface area contributed by atoms with E-state index < -0.39 is 0 Å². The van der Waals surface area contributed by atoms with Gasteiger partial charge in [-0.05, 0) is 0 Å². The monoisotopic (exact) mass is 303 g/mol. The molecule has 1 aromatic heterocycles. The molecule has 0 unspecified atom stereocenters. The normalized spacial score (nSPS) is 17.7.